The summed E-state index contributed by atoms with van der Waals surface area (Å²) in [6.07, 6.45) is 0. The minimum atomic E-state index is -0.0839. The molecule has 1 saturated heterocycles. The molecular weight excluding hydrogens is 456 g/mol. The third-order valence-electron chi connectivity index (χ3n) is 6.05. The number of nitrogens with one attached hydrogen (secondary N) is 1. The van der Waals surface area contributed by atoms with Crippen LogP contribution in [0, 0.1) is 0 Å². The average molecular weight is 481 g/mol. The number of benzene rings is 2. The van der Waals surface area contributed by atoms with E-state index in [9.17, 15) is 4.79 Å². The maximum atomic E-state index is 12.9. The number of fused-ring (bicyclic) bond motifs is 1. The fourth-order valence-electron chi connectivity index (χ4n) is 4.22. The van der Waals surface area contributed by atoms with E-state index in [2.05, 4.69) is 26.9 Å². The van der Waals surface area contributed by atoms with Crippen molar-refractivity contribution in [3.05, 3.63) is 80.7 Å². The van der Waals surface area contributed by atoms with Gasteiger partial charge in [0.05, 0.1) is 19.0 Å². The lowest BCUT2D eigenvalue weighted by Crippen LogP contribution is -2.45. The Kier molecular flexibility index (Phi) is 6.46. The highest BCUT2D eigenvalue weighted by molar-refractivity contribution is 7.17. The van der Waals surface area contributed by atoms with Crippen LogP contribution in [0.25, 0.3) is 21.3 Å². The summed E-state index contributed by atoms with van der Waals surface area (Å²) in [5.74, 6) is 1.61. The number of halogens is 1. The molecule has 6 nitrogen and oxygen atoms in total. The summed E-state index contributed by atoms with van der Waals surface area (Å²) in [6.45, 7) is 5.43. The molecule has 5 rings (SSSR count). The molecule has 0 bridgehead atoms. The number of ether oxygens (including phenoxy) is 1. The number of piperazine rings is 1. The van der Waals surface area contributed by atoms with Crippen LogP contribution in [0.3, 0.4) is 0 Å². The molecule has 0 unspecified atom stereocenters. The second-order valence-corrected chi connectivity index (χ2v) is 9.54. The highest BCUT2D eigenvalue weighted by Gasteiger charge is 2.19. The fraction of sp³-hybridized carbons (Fsp3) is 0.280. The monoisotopic (exact) mass is 480 g/mol. The Morgan fingerprint density at radius 3 is 2.33 bits per heavy atom. The molecule has 1 aliphatic rings. The largest absolute Gasteiger partial charge is 0.497 e. The normalized spacial score (nSPS) is 15.2. The molecule has 0 saturated carbocycles. The molecule has 33 heavy (non-hydrogen) atoms. The molecular formula is C25H25ClN4O2S. The third kappa shape index (κ3) is 4.96. The van der Waals surface area contributed by atoms with Gasteiger partial charge in [0.25, 0.3) is 5.56 Å². The lowest BCUT2D eigenvalue weighted by Gasteiger charge is -2.34. The van der Waals surface area contributed by atoms with E-state index >= 15 is 0 Å². The van der Waals surface area contributed by atoms with E-state index in [4.69, 9.17) is 21.3 Å². The van der Waals surface area contributed by atoms with Gasteiger partial charge in [0.1, 0.15) is 16.4 Å². The number of aromatic nitrogens is 2. The minimum absolute atomic E-state index is 0.0839. The Morgan fingerprint density at radius 1 is 1.00 bits per heavy atom. The number of thiophene rings is 1. The molecule has 170 valence electrons. The number of rotatable bonds is 6. The maximum Gasteiger partial charge on any atom is 0.260 e. The molecule has 0 aliphatic carbocycles. The average Bonchev–Trinajstić information content (AvgIpc) is 3.26. The van der Waals surface area contributed by atoms with Crippen molar-refractivity contribution >= 4 is 33.2 Å². The summed E-state index contributed by atoms with van der Waals surface area (Å²) in [4.78, 5) is 26.3. The topological polar surface area (TPSA) is 61.5 Å². The van der Waals surface area contributed by atoms with Crippen molar-refractivity contribution < 1.29 is 4.74 Å². The molecule has 8 heteroatoms. The predicted molar refractivity (Wildman–Crippen MR) is 134 cm³/mol. The van der Waals surface area contributed by atoms with Gasteiger partial charge < -0.3 is 9.72 Å². The van der Waals surface area contributed by atoms with E-state index < -0.39 is 0 Å². The van der Waals surface area contributed by atoms with Crippen LogP contribution in [-0.2, 0) is 13.1 Å². The van der Waals surface area contributed by atoms with Crippen molar-refractivity contribution in [2.24, 2.45) is 0 Å². The van der Waals surface area contributed by atoms with Gasteiger partial charge in [-0.1, -0.05) is 35.9 Å². The van der Waals surface area contributed by atoms with Crippen LogP contribution in [0.2, 0.25) is 5.02 Å². The maximum absolute atomic E-state index is 12.9. The number of methoxy groups -OCH3 is 1. The Balaban J connectivity index is 1.23. The number of hydrogen-bond acceptors (Lipinski definition) is 6. The zero-order chi connectivity index (χ0) is 22.8. The lowest BCUT2D eigenvalue weighted by atomic mass is 10.1. The van der Waals surface area contributed by atoms with Crippen molar-refractivity contribution in [3.8, 4) is 16.9 Å². The Morgan fingerprint density at radius 2 is 1.67 bits per heavy atom. The number of nitrogens with zero attached hydrogens (tertiary/aromatic N) is 3. The molecule has 0 amide bonds. The quantitative estimate of drug-likeness (QED) is 0.436. The molecule has 3 heterocycles. The SMILES string of the molecule is COc1ccc(CN2CCN(Cc3nc4scc(-c5ccc(Cl)cc5)c4c(=O)[nH]3)CC2)cc1. The van der Waals surface area contributed by atoms with E-state index in [1.807, 2.05) is 41.8 Å². The number of aromatic amines is 1. The van der Waals surface area contributed by atoms with Crippen LogP contribution in [0.4, 0.5) is 0 Å². The van der Waals surface area contributed by atoms with Gasteiger partial charge in [0, 0.05) is 48.7 Å². The first-order valence-electron chi connectivity index (χ1n) is 10.9. The molecule has 2 aromatic heterocycles. The first-order chi connectivity index (χ1) is 16.1. The van der Waals surface area contributed by atoms with Gasteiger partial charge in [-0.15, -0.1) is 11.3 Å². The molecule has 1 aliphatic heterocycles. The first-order valence-corrected chi connectivity index (χ1v) is 12.2. The van der Waals surface area contributed by atoms with Crippen LogP contribution in [0.1, 0.15) is 11.4 Å². The lowest BCUT2D eigenvalue weighted by molar-refractivity contribution is 0.120. The molecule has 2 aromatic carbocycles. The van der Waals surface area contributed by atoms with Crippen LogP contribution >= 0.6 is 22.9 Å². The van der Waals surface area contributed by atoms with E-state index in [1.165, 1.54) is 16.9 Å². The second kappa shape index (κ2) is 9.65. The Bertz CT molecular complexity index is 1290. The van der Waals surface area contributed by atoms with Crippen LogP contribution in [-0.4, -0.2) is 53.1 Å². The van der Waals surface area contributed by atoms with Gasteiger partial charge in [0.15, 0.2) is 0 Å². The van der Waals surface area contributed by atoms with E-state index in [0.717, 1.165) is 60.3 Å². The zero-order valence-electron chi connectivity index (χ0n) is 18.4. The molecule has 0 spiro atoms. The molecule has 1 N–H and O–H groups in total. The smallest absolute Gasteiger partial charge is 0.260 e. The highest BCUT2D eigenvalue weighted by atomic mass is 35.5. The predicted octanol–water partition coefficient (Wildman–Crippen LogP) is 4.63. The van der Waals surface area contributed by atoms with Crippen molar-refractivity contribution in [1.29, 1.82) is 0 Å². The van der Waals surface area contributed by atoms with Crippen LogP contribution in [0.15, 0.2) is 58.7 Å². The Hall–Kier alpha value is -2.71. The summed E-state index contributed by atoms with van der Waals surface area (Å²) in [5.41, 5.74) is 3.08. The van der Waals surface area contributed by atoms with Crippen LogP contribution < -0.4 is 10.3 Å². The van der Waals surface area contributed by atoms with Crippen molar-refractivity contribution in [2.75, 3.05) is 33.3 Å². The molecule has 0 atom stereocenters. The summed E-state index contributed by atoms with van der Waals surface area (Å²) in [6, 6.07) is 15.8. The van der Waals surface area contributed by atoms with Crippen molar-refractivity contribution in [3.63, 3.8) is 0 Å². The third-order valence-corrected chi connectivity index (χ3v) is 7.18. The summed E-state index contributed by atoms with van der Waals surface area (Å²) >= 11 is 7.51. The fourth-order valence-corrected chi connectivity index (χ4v) is 5.31. The van der Waals surface area contributed by atoms with E-state index in [1.54, 1.807) is 7.11 Å². The minimum Gasteiger partial charge on any atom is -0.497 e. The van der Waals surface area contributed by atoms with Crippen molar-refractivity contribution in [2.45, 2.75) is 13.1 Å². The molecule has 4 aromatic rings. The van der Waals surface area contributed by atoms with Gasteiger partial charge in [-0.25, -0.2) is 4.98 Å². The zero-order valence-corrected chi connectivity index (χ0v) is 20.0. The second-order valence-electron chi connectivity index (χ2n) is 8.25. The van der Waals surface area contributed by atoms with E-state index in [0.29, 0.717) is 17.0 Å². The van der Waals surface area contributed by atoms with E-state index in [-0.39, 0.29) is 5.56 Å². The molecule has 0 radical (unpaired) electrons. The number of hydrogen-bond donors (Lipinski definition) is 1. The van der Waals surface area contributed by atoms with Gasteiger partial charge in [-0.3, -0.25) is 14.6 Å². The van der Waals surface area contributed by atoms with Gasteiger partial charge >= 0.3 is 0 Å². The van der Waals surface area contributed by atoms with Gasteiger partial charge in [-0.05, 0) is 35.4 Å². The van der Waals surface area contributed by atoms with Gasteiger partial charge in [-0.2, -0.15) is 0 Å². The van der Waals surface area contributed by atoms with Crippen LogP contribution in [0.5, 0.6) is 5.75 Å². The first kappa shape index (κ1) is 22.1. The van der Waals surface area contributed by atoms with Crippen molar-refractivity contribution in [1.82, 2.24) is 19.8 Å². The number of H-pyrrole nitrogens is 1. The Labute approximate surface area is 201 Å². The highest BCUT2D eigenvalue weighted by Crippen LogP contribution is 2.31. The standard InChI is InChI=1S/C25H25ClN4O2S/c1-32-20-8-2-17(3-9-20)14-29-10-12-30(13-11-29)15-22-27-24(31)23-21(16-33-25(23)28-22)18-4-6-19(26)7-5-18/h2-9,16H,10-15H2,1H3,(H,27,28,31). The van der Waals surface area contributed by atoms with Gasteiger partial charge in [0.2, 0.25) is 0 Å². The summed E-state index contributed by atoms with van der Waals surface area (Å²) in [7, 11) is 1.69. The summed E-state index contributed by atoms with van der Waals surface area (Å²) < 4.78 is 5.24. The summed E-state index contributed by atoms with van der Waals surface area (Å²) in [5, 5.41) is 3.32. The molecule has 1 fully saturated rings.